The molecule has 0 N–H and O–H groups in total. The first-order valence-electron chi connectivity index (χ1n) is 8.08. The zero-order valence-electron chi connectivity index (χ0n) is 13.6. The highest BCUT2D eigenvalue weighted by Crippen LogP contribution is 2.40. The molecular formula is C17H16FN3O2S2. The van der Waals surface area contributed by atoms with Crippen LogP contribution in [0.2, 0.25) is 0 Å². The first kappa shape index (κ1) is 16.5. The minimum atomic E-state index is -0.401. The number of fused-ring (bicyclic) bond motifs is 1. The monoisotopic (exact) mass is 377 g/mol. The van der Waals surface area contributed by atoms with Crippen molar-refractivity contribution in [2.24, 2.45) is 0 Å². The Morgan fingerprint density at radius 3 is 3.08 bits per heavy atom. The number of hydrogen-bond acceptors (Lipinski definition) is 6. The van der Waals surface area contributed by atoms with E-state index in [1.165, 1.54) is 29.2 Å². The summed E-state index contributed by atoms with van der Waals surface area (Å²) >= 11 is 2.75. The predicted molar refractivity (Wildman–Crippen MR) is 95.6 cm³/mol. The van der Waals surface area contributed by atoms with Crippen LogP contribution in [0.4, 0.5) is 4.39 Å². The van der Waals surface area contributed by atoms with Crippen molar-refractivity contribution in [3.63, 3.8) is 0 Å². The minimum Gasteiger partial charge on any atom is -0.462 e. The van der Waals surface area contributed by atoms with Crippen molar-refractivity contribution in [2.75, 3.05) is 6.61 Å². The standard InChI is InChI=1S/C17H16FN3O2S2/c1-2-23-16(22)15-11(14-12(18)4-3-5-13(14)25-15)8-24-17-20-19-9-21(17)10-6-7-10/h3-5,9-10H,2,6-8H2,1H3. The largest absolute Gasteiger partial charge is 0.462 e. The quantitative estimate of drug-likeness (QED) is 0.470. The summed E-state index contributed by atoms with van der Waals surface area (Å²) in [6.45, 7) is 2.05. The zero-order valence-corrected chi connectivity index (χ0v) is 15.2. The summed E-state index contributed by atoms with van der Waals surface area (Å²) in [6, 6.07) is 5.37. The van der Waals surface area contributed by atoms with Crippen LogP contribution >= 0.6 is 23.1 Å². The third kappa shape index (κ3) is 3.16. The fraction of sp³-hybridized carbons (Fsp3) is 0.353. The summed E-state index contributed by atoms with van der Waals surface area (Å²) in [7, 11) is 0. The van der Waals surface area contributed by atoms with Gasteiger partial charge in [0.1, 0.15) is 17.0 Å². The van der Waals surface area contributed by atoms with E-state index in [4.69, 9.17) is 4.74 Å². The van der Waals surface area contributed by atoms with Gasteiger partial charge >= 0.3 is 5.97 Å². The highest BCUT2D eigenvalue weighted by atomic mass is 32.2. The number of carbonyl (C=O) groups excluding carboxylic acids is 1. The van der Waals surface area contributed by atoms with Crippen molar-refractivity contribution in [2.45, 2.75) is 36.7 Å². The molecule has 8 heteroatoms. The molecule has 0 bridgehead atoms. The van der Waals surface area contributed by atoms with Gasteiger partial charge < -0.3 is 9.30 Å². The fourth-order valence-electron chi connectivity index (χ4n) is 2.74. The average Bonchev–Trinajstić information content (AvgIpc) is 3.20. The lowest BCUT2D eigenvalue weighted by atomic mass is 10.1. The third-order valence-electron chi connectivity index (χ3n) is 4.05. The molecule has 2 heterocycles. The molecule has 0 radical (unpaired) electrons. The molecule has 4 rings (SSSR count). The van der Waals surface area contributed by atoms with Gasteiger partial charge in [-0.25, -0.2) is 9.18 Å². The molecule has 1 fully saturated rings. The summed E-state index contributed by atoms with van der Waals surface area (Å²) in [5, 5.41) is 9.44. The Morgan fingerprint density at radius 1 is 1.48 bits per heavy atom. The highest BCUT2D eigenvalue weighted by molar-refractivity contribution is 7.98. The SMILES string of the molecule is CCOC(=O)c1sc2cccc(F)c2c1CSc1nncn1C1CC1. The molecule has 1 aliphatic carbocycles. The predicted octanol–water partition coefficient (Wildman–Crippen LogP) is 4.44. The number of nitrogens with zero attached hydrogens (tertiary/aromatic N) is 3. The van der Waals surface area contributed by atoms with Crippen molar-refractivity contribution < 1.29 is 13.9 Å². The second-order valence-electron chi connectivity index (χ2n) is 5.78. The van der Waals surface area contributed by atoms with Gasteiger partial charge in [0.25, 0.3) is 0 Å². The molecule has 0 aliphatic heterocycles. The Hall–Kier alpha value is -1.93. The van der Waals surface area contributed by atoms with Crippen LogP contribution in [0.3, 0.4) is 0 Å². The molecule has 0 amide bonds. The lowest BCUT2D eigenvalue weighted by Crippen LogP contribution is -2.05. The highest BCUT2D eigenvalue weighted by Gasteiger charge is 2.27. The number of thiophene rings is 1. The van der Waals surface area contributed by atoms with E-state index in [0.717, 1.165) is 22.7 Å². The Labute approximate surface area is 152 Å². The van der Waals surface area contributed by atoms with Gasteiger partial charge in [0.15, 0.2) is 5.16 Å². The van der Waals surface area contributed by atoms with Crippen molar-refractivity contribution in [3.8, 4) is 0 Å². The Morgan fingerprint density at radius 2 is 2.32 bits per heavy atom. The molecule has 2 aromatic heterocycles. The van der Waals surface area contributed by atoms with Crippen LogP contribution in [0.5, 0.6) is 0 Å². The molecule has 25 heavy (non-hydrogen) atoms. The van der Waals surface area contributed by atoms with E-state index in [-0.39, 0.29) is 12.4 Å². The van der Waals surface area contributed by atoms with Crippen molar-refractivity contribution >= 4 is 39.2 Å². The molecule has 0 spiro atoms. The zero-order chi connectivity index (χ0) is 17.4. The molecule has 1 aromatic carbocycles. The van der Waals surface area contributed by atoms with Gasteiger partial charge in [0.05, 0.1) is 6.61 Å². The van der Waals surface area contributed by atoms with Crippen LogP contribution in [0.25, 0.3) is 10.1 Å². The summed E-state index contributed by atoms with van der Waals surface area (Å²) in [5.41, 5.74) is 0.673. The van der Waals surface area contributed by atoms with Gasteiger partial charge in [-0.05, 0) is 37.5 Å². The van der Waals surface area contributed by atoms with Gasteiger partial charge in [-0.2, -0.15) is 0 Å². The van der Waals surface area contributed by atoms with E-state index in [9.17, 15) is 9.18 Å². The summed E-state index contributed by atoms with van der Waals surface area (Å²) in [5.74, 6) is -0.272. The molecule has 1 saturated carbocycles. The summed E-state index contributed by atoms with van der Waals surface area (Å²) in [6.07, 6.45) is 4.00. The van der Waals surface area contributed by atoms with Gasteiger partial charge in [-0.3, -0.25) is 0 Å². The van der Waals surface area contributed by atoms with Gasteiger partial charge in [-0.15, -0.1) is 21.5 Å². The number of esters is 1. The summed E-state index contributed by atoms with van der Waals surface area (Å²) < 4.78 is 22.4. The third-order valence-corrected chi connectivity index (χ3v) is 6.21. The van der Waals surface area contributed by atoms with Gasteiger partial charge in [0, 0.05) is 21.9 Å². The number of benzene rings is 1. The van der Waals surface area contributed by atoms with Crippen LogP contribution < -0.4 is 0 Å². The van der Waals surface area contributed by atoms with Crippen LogP contribution in [-0.2, 0) is 10.5 Å². The second kappa shape index (κ2) is 6.76. The molecule has 0 saturated heterocycles. The smallest absolute Gasteiger partial charge is 0.348 e. The molecule has 0 unspecified atom stereocenters. The van der Waals surface area contributed by atoms with E-state index in [0.29, 0.717) is 27.6 Å². The fourth-order valence-corrected chi connectivity index (χ4v) is 4.97. The average molecular weight is 377 g/mol. The minimum absolute atomic E-state index is 0.290. The number of carbonyl (C=O) groups is 1. The molecular weight excluding hydrogens is 361 g/mol. The number of rotatable bonds is 6. The molecule has 0 atom stereocenters. The van der Waals surface area contributed by atoms with Crippen LogP contribution in [-0.4, -0.2) is 27.3 Å². The Kier molecular flexibility index (Phi) is 4.47. The lowest BCUT2D eigenvalue weighted by Gasteiger charge is -2.06. The normalized spacial score (nSPS) is 14.2. The van der Waals surface area contributed by atoms with Crippen LogP contribution in [0.1, 0.15) is 41.0 Å². The maximum atomic E-state index is 14.4. The van der Waals surface area contributed by atoms with E-state index >= 15 is 0 Å². The number of halogens is 1. The maximum absolute atomic E-state index is 14.4. The lowest BCUT2D eigenvalue weighted by molar-refractivity contribution is 0.0531. The number of ether oxygens (including phenoxy) is 1. The molecule has 1 aliphatic rings. The number of thioether (sulfide) groups is 1. The molecule has 5 nitrogen and oxygen atoms in total. The molecule has 130 valence electrons. The Balaban J connectivity index is 1.70. The van der Waals surface area contributed by atoms with E-state index in [1.807, 2.05) is 6.07 Å². The summed E-state index contributed by atoms with van der Waals surface area (Å²) in [4.78, 5) is 12.8. The van der Waals surface area contributed by atoms with E-state index in [2.05, 4.69) is 14.8 Å². The van der Waals surface area contributed by atoms with E-state index in [1.54, 1.807) is 19.3 Å². The van der Waals surface area contributed by atoms with Crippen LogP contribution in [0.15, 0.2) is 29.7 Å². The maximum Gasteiger partial charge on any atom is 0.348 e. The van der Waals surface area contributed by atoms with Gasteiger partial charge in [-0.1, -0.05) is 17.8 Å². The Bertz CT molecular complexity index is 933. The van der Waals surface area contributed by atoms with Crippen molar-refractivity contribution in [1.29, 1.82) is 0 Å². The number of hydrogen-bond donors (Lipinski definition) is 0. The first-order valence-corrected chi connectivity index (χ1v) is 9.88. The van der Waals surface area contributed by atoms with E-state index < -0.39 is 5.97 Å². The first-order chi connectivity index (χ1) is 12.2. The number of aromatic nitrogens is 3. The van der Waals surface area contributed by atoms with Crippen molar-refractivity contribution in [3.05, 3.63) is 40.8 Å². The van der Waals surface area contributed by atoms with Crippen molar-refractivity contribution in [1.82, 2.24) is 14.8 Å². The van der Waals surface area contributed by atoms with Gasteiger partial charge in [0.2, 0.25) is 0 Å². The topological polar surface area (TPSA) is 57.0 Å². The van der Waals surface area contributed by atoms with Crippen LogP contribution in [0, 0.1) is 5.82 Å². The second-order valence-corrected chi connectivity index (χ2v) is 7.78. The molecule has 3 aromatic rings.